The Morgan fingerprint density at radius 1 is 1.35 bits per heavy atom. The number of aromatic nitrogens is 1. The molecule has 0 aromatic carbocycles. The third kappa shape index (κ3) is 2.91. The number of alkyl halides is 2. The number of rotatable bonds is 5. The molecule has 3 nitrogen and oxygen atoms in total. The van der Waals surface area contributed by atoms with E-state index in [0.717, 1.165) is 25.0 Å². The van der Waals surface area contributed by atoms with Gasteiger partial charge in [0.25, 0.3) is 6.43 Å². The Hall–Kier alpha value is -1.23. The molecule has 17 heavy (non-hydrogen) atoms. The van der Waals surface area contributed by atoms with Gasteiger partial charge in [0.2, 0.25) is 0 Å². The first kappa shape index (κ1) is 12.2. The third-order valence-corrected chi connectivity index (χ3v) is 2.99. The molecule has 0 unspecified atom stereocenters. The first-order valence-electron chi connectivity index (χ1n) is 5.92. The van der Waals surface area contributed by atoms with E-state index in [-0.39, 0.29) is 6.54 Å². The Kier molecular flexibility index (Phi) is 3.89. The second kappa shape index (κ2) is 5.40. The fourth-order valence-electron chi connectivity index (χ4n) is 2.21. The van der Waals surface area contributed by atoms with Crippen molar-refractivity contribution in [1.29, 1.82) is 0 Å². The maximum atomic E-state index is 12.5. The predicted octanol–water partition coefficient (Wildman–Crippen LogP) is 1.60. The molecule has 0 fully saturated rings. The van der Waals surface area contributed by atoms with Crippen LogP contribution >= 0.6 is 0 Å². The smallest absolute Gasteiger partial charge is 0.255 e. The van der Waals surface area contributed by atoms with Crippen LogP contribution in [0.15, 0.2) is 12.1 Å². The number of hydrogen-bond acceptors (Lipinski definition) is 3. The van der Waals surface area contributed by atoms with Gasteiger partial charge in [-0.3, -0.25) is 0 Å². The van der Waals surface area contributed by atoms with Gasteiger partial charge in [0.15, 0.2) is 0 Å². The zero-order valence-electron chi connectivity index (χ0n) is 9.70. The lowest BCUT2D eigenvalue weighted by molar-refractivity contribution is 0.154. The normalized spacial score (nSPS) is 14.1. The second-order valence-electron chi connectivity index (χ2n) is 4.25. The van der Waals surface area contributed by atoms with E-state index in [1.54, 1.807) is 4.90 Å². The van der Waals surface area contributed by atoms with Gasteiger partial charge in [-0.2, -0.15) is 0 Å². The molecule has 5 heteroatoms. The summed E-state index contributed by atoms with van der Waals surface area (Å²) in [5.74, 6) is 0.622. The number of fused-ring (bicyclic) bond motifs is 1. The van der Waals surface area contributed by atoms with Crippen molar-refractivity contribution in [3.05, 3.63) is 23.4 Å². The van der Waals surface area contributed by atoms with Gasteiger partial charge in [-0.25, -0.2) is 13.8 Å². The molecule has 1 aliphatic carbocycles. The zero-order valence-corrected chi connectivity index (χ0v) is 9.70. The first-order valence-corrected chi connectivity index (χ1v) is 5.92. The second-order valence-corrected chi connectivity index (χ2v) is 4.25. The molecule has 94 valence electrons. The minimum absolute atomic E-state index is 0.303. The summed E-state index contributed by atoms with van der Waals surface area (Å²) < 4.78 is 24.9. The molecule has 0 radical (unpaired) electrons. The van der Waals surface area contributed by atoms with Crippen molar-refractivity contribution in [2.24, 2.45) is 5.73 Å². The highest BCUT2D eigenvalue weighted by atomic mass is 19.3. The van der Waals surface area contributed by atoms with E-state index in [0.29, 0.717) is 18.9 Å². The Balaban J connectivity index is 2.17. The molecule has 0 spiro atoms. The summed E-state index contributed by atoms with van der Waals surface area (Å²) in [4.78, 5) is 6.02. The van der Waals surface area contributed by atoms with Crippen molar-refractivity contribution in [3.8, 4) is 0 Å². The molecule has 1 aromatic rings. The lowest BCUT2D eigenvalue weighted by atomic mass is 10.2. The van der Waals surface area contributed by atoms with Gasteiger partial charge in [0.05, 0.1) is 6.54 Å². The Labute approximate surface area is 99.6 Å². The summed E-state index contributed by atoms with van der Waals surface area (Å²) in [6, 6.07) is 3.82. The number of pyridine rings is 1. The van der Waals surface area contributed by atoms with Crippen LogP contribution < -0.4 is 10.6 Å². The maximum Gasteiger partial charge on any atom is 0.255 e. The van der Waals surface area contributed by atoms with E-state index in [1.807, 2.05) is 12.1 Å². The van der Waals surface area contributed by atoms with Crippen molar-refractivity contribution in [3.63, 3.8) is 0 Å². The molecule has 0 atom stereocenters. The largest absolute Gasteiger partial charge is 0.350 e. The van der Waals surface area contributed by atoms with E-state index in [4.69, 9.17) is 5.73 Å². The summed E-state index contributed by atoms with van der Waals surface area (Å²) in [7, 11) is 0. The monoisotopic (exact) mass is 241 g/mol. The fourth-order valence-corrected chi connectivity index (χ4v) is 2.21. The molecule has 0 aliphatic heterocycles. The van der Waals surface area contributed by atoms with Crippen LogP contribution in [0, 0.1) is 0 Å². The first-order chi connectivity index (χ1) is 8.20. The van der Waals surface area contributed by atoms with Crippen LogP contribution in [0.2, 0.25) is 0 Å². The highest BCUT2D eigenvalue weighted by Crippen LogP contribution is 2.23. The molecular weight excluding hydrogens is 224 g/mol. The molecule has 2 N–H and O–H groups in total. The number of halogens is 2. The average molecular weight is 241 g/mol. The number of nitrogens with two attached hydrogens (primary N) is 1. The van der Waals surface area contributed by atoms with Crippen molar-refractivity contribution in [2.45, 2.75) is 25.7 Å². The van der Waals surface area contributed by atoms with E-state index in [1.165, 1.54) is 5.56 Å². The summed E-state index contributed by atoms with van der Waals surface area (Å²) in [6.07, 6.45) is 0.747. The summed E-state index contributed by atoms with van der Waals surface area (Å²) in [5, 5.41) is 0. The zero-order chi connectivity index (χ0) is 12.3. The van der Waals surface area contributed by atoms with E-state index >= 15 is 0 Å². The number of hydrogen-bond donors (Lipinski definition) is 1. The highest BCUT2D eigenvalue weighted by molar-refractivity contribution is 5.43. The van der Waals surface area contributed by atoms with E-state index in [2.05, 4.69) is 4.98 Å². The maximum absolute atomic E-state index is 12.5. The van der Waals surface area contributed by atoms with E-state index < -0.39 is 6.43 Å². The lowest BCUT2D eigenvalue weighted by Gasteiger charge is -2.23. The van der Waals surface area contributed by atoms with Gasteiger partial charge in [-0.15, -0.1) is 0 Å². The van der Waals surface area contributed by atoms with Gasteiger partial charge in [-0.05, 0) is 30.9 Å². The summed E-state index contributed by atoms with van der Waals surface area (Å²) in [6.45, 7) is 0.463. The van der Waals surface area contributed by atoms with Gasteiger partial charge in [-0.1, -0.05) is 6.07 Å². The van der Waals surface area contributed by atoms with Crippen LogP contribution in [-0.2, 0) is 12.8 Å². The standard InChI is InChI=1S/C12H17F2N3/c13-11(14)8-17(7-6-15)12-5-4-9-2-1-3-10(9)16-12/h4-5,11H,1-3,6-8,15H2. The van der Waals surface area contributed by atoms with Gasteiger partial charge >= 0.3 is 0 Å². The molecule has 0 saturated heterocycles. The molecule has 2 rings (SSSR count). The van der Waals surface area contributed by atoms with Crippen LogP contribution in [0.25, 0.3) is 0 Å². The minimum atomic E-state index is -2.36. The molecule has 1 aliphatic rings. The van der Waals surface area contributed by atoms with Crippen LogP contribution in [0.3, 0.4) is 0 Å². The number of nitrogens with zero attached hydrogens (tertiary/aromatic N) is 2. The topological polar surface area (TPSA) is 42.1 Å². The predicted molar refractivity (Wildman–Crippen MR) is 63.5 cm³/mol. The van der Waals surface area contributed by atoms with Crippen LogP contribution in [-0.4, -0.2) is 31.0 Å². The van der Waals surface area contributed by atoms with E-state index in [9.17, 15) is 8.78 Å². The molecule has 1 aromatic heterocycles. The molecular formula is C12H17F2N3. The van der Waals surface area contributed by atoms with Crippen molar-refractivity contribution < 1.29 is 8.78 Å². The third-order valence-electron chi connectivity index (χ3n) is 2.99. The fraction of sp³-hybridized carbons (Fsp3) is 0.583. The molecule has 1 heterocycles. The van der Waals surface area contributed by atoms with Gasteiger partial charge < -0.3 is 10.6 Å². The van der Waals surface area contributed by atoms with Crippen LogP contribution in [0.1, 0.15) is 17.7 Å². The van der Waals surface area contributed by atoms with Crippen LogP contribution in [0.4, 0.5) is 14.6 Å². The Bertz CT molecular complexity index is 382. The molecule has 0 amide bonds. The average Bonchev–Trinajstić information content (AvgIpc) is 2.74. The molecule has 0 bridgehead atoms. The van der Waals surface area contributed by atoms with Crippen molar-refractivity contribution in [2.75, 3.05) is 24.5 Å². The lowest BCUT2D eigenvalue weighted by Crippen LogP contribution is -2.34. The van der Waals surface area contributed by atoms with Crippen molar-refractivity contribution in [1.82, 2.24) is 4.98 Å². The minimum Gasteiger partial charge on any atom is -0.350 e. The Morgan fingerprint density at radius 3 is 2.88 bits per heavy atom. The van der Waals surface area contributed by atoms with Crippen LogP contribution in [0.5, 0.6) is 0 Å². The Morgan fingerprint density at radius 2 is 2.18 bits per heavy atom. The highest BCUT2D eigenvalue weighted by Gasteiger charge is 2.17. The molecule has 0 saturated carbocycles. The SMILES string of the molecule is NCCN(CC(F)F)c1ccc2c(n1)CCC2. The summed E-state index contributed by atoms with van der Waals surface area (Å²) in [5.41, 5.74) is 7.74. The number of anilines is 1. The number of aryl methyl sites for hydroxylation is 2. The summed E-state index contributed by atoms with van der Waals surface area (Å²) >= 11 is 0. The quantitative estimate of drug-likeness (QED) is 0.851. The van der Waals surface area contributed by atoms with Gasteiger partial charge in [0, 0.05) is 18.8 Å². The van der Waals surface area contributed by atoms with Gasteiger partial charge in [0.1, 0.15) is 5.82 Å². The van der Waals surface area contributed by atoms with Crippen molar-refractivity contribution >= 4 is 5.82 Å².